The molecule has 0 fully saturated rings. The smallest absolute Gasteiger partial charge is 0.418 e. The number of alkyl halides is 3. The quantitative estimate of drug-likeness (QED) is 0.648. The molecule has 9 nitrogen and oxygen atoms in total. The van der Waals surface area contributed by atoms with Crippen molar-refractivity contribution < 1.29 is 31.1 Å². The molecule has 0 bridgehead atoms. The summed E-state index contributed by atoms with van der Waals surface area (Å²) in [5.74, 6) is -1.21. The van der Waals surface area contributed by atoms with E-state index in [1.807, 2.05) is 0 Å². The highest BCUT2D eigenvalue weighted by atomic mass is 32.2. The summed E-state index contributed by atoms with van der Waals surface area (Å²) in [6.45, 7) is 1.64. The summed E-state index contributed by atoms with van der Waals surface area (Å²) in [5.41, 5.74) is -2.42. The van der Waals surface area contributed by atoms with E-state index in [4.69, 9.17) is 0 Å². The number of halogens is 3. The molecule has 1 N–H and O–H groups in total. The fraction of sp³-hybridized carbons (Fsp3) is 0.200. The number of nitrogens with one attached hydrogen (secondary N) is 1. The minimum atomic E-state index is -4.94. The van der Waals surface area contributed by atoms with Gasteiger partial charge in [-0.15, -0.1) is 5.10 Å². The van der Waals surface area contributed by atoms with Crippen LogP contribution in [0.4, 0.5) is 18.9 Å². The zero-order valence-electron chi connectivity index (χ0n) is 14.4. The summed E-state index contributed by atoms with van der Waals surface area (Å²) in [7, 11) is -3.72. The Balaban J connectivity index is 2.13. The minimum absolute atomic E-state index is 0.0577. The molecule has 0 aliphatic carbocycles. The molecule has 0 saturated heterocycles. The van der Waals surface area contributed by atoms with Crippen LogP contribution in [0, 0.1) is 6.92 Å². The molecule has 2 heterocycles. The molecular formula is C15H12F3N5O4S. The summed E-state index contributed by atoms with van der Waals surface area (Å²) in [6.07, 6.45) is -3.54. The van der Waals surface area contributed by atoms with Crippen molar-refractivity contribution in [3.8, 4) is 0 Å². The van der Waals surface area contributed by atoms with Gasteiger partial charge in [-0.1, -0.05) is 6.07 Å². The van der Waals surface area contributed by atoms with Crippen molar-refractivity contribution in [2.75, 3.05) is 11.8 Å². The molecule has 0 aliphatic heterocycles. The van der Waals surface area contributed by atoms with E-state index in [-0.39, 0.29) is 5.78 Å². The molecule has 0 atom stereocenters. The van der Waals surface area contributed by atoms with Crippen LogP contribution in [0.25, 0.3) is 5.78 Å². The Morgan fingerprint density at radius 1 is 1.21 bits per heavy atom. The van der Waals surface area contributed by atoms with E-state index in [9.17, 15) is 26.4 Å². The van der Waals surface area contributed by atoms with Crippen molar-refractivity contribution in [3.05, 3.63) is 47.3 Å². The van der Waals surface area contributed by atoms with Gasteiger partial charge in [0, 0.05) is 11.9 Å². The number of sulfonamides is 1. The molecule has 28 heavy (non-hydrogen) atoms. The number of carbonyl (C=O) groups excluding carboxylic acids is 1. The van der Waals surface area contributed by atoms with Gasteiger partial charge in [-0.05, 0) is 25.1 Å². The first-order valence-electron chi connectivity index (χ1n) is 7.54. The molecular weight excluding hydrogens is 403 g/mol. The molecule has 0 unspecified atom stereocenters. The number of hydrogen-bond donors (Lipinski definition) is 1. The summed E-state index contributed by atoms with van der Waals surface area (Å²) in [6, 6.07) is 4.13. The number of hydrogen-bond acceptors (Lipinski definition) is 7. The second-order valence-corrected chi connectivity index (χ2v) is 7.11. The molecule has 0 amide bonds. The lowest BCUT2D eigenvalue weighted by Crippen LogP contribution is -2.21. The predicted molar refractivity (Wildman–Crippen MR) is 89.1 cm³/mol. The Bertz CT molecular complexity index is 1170. The fourth-order valence-electron chi connectivity index (χ4n) is 2.32. The number of rotatable bonds is 4. The van der Waals surface area contributed by atoms with Crippen molar-refractivity contribution in [2.45, 2.75) is 18.3 Å². The van der Waals surface area contributed by atoms with Gasteiger partial charge in [0.1, 0.15) is 0 Å². The van der Waals surface area contributed by atoms with Gasteiger partial charge in [-0.25, -0.2) is 14.3 Å². The maximum Gasteiger partial charge on any atom is 0.418 e. The Morgan fingerprint density at radius 2 is 1.93 bits per heavy atom. The van der Waals surface area contributed by atoms with Crippen molar-refractivity contribution in [1.82, 2.24) is 19.6 Å². The number of benzene rings is 1. The van der Waals surface area contributed by atoms with E-state index in [0.717, 1.165) is 23.8 Å². The number of para-hydroxylation sites is 1. The monoisotopic (exact) mass is 415 g/mol. The van der Waals surface area contributed by atoms with Gasteiger partial charge in [-0.2, -0.15) is 26.6 Å². The number of anilines is 1. The van der Waals surface area contributed by atoms with Gasteiger partial charge in [0.05, 0.1) is 23.9 Å². The Kier molecular flexibility index (Phi) is 4.71. The third-order valence-electron chi connectivity index (χ3n) is 3.58. The van der Waals surface area contributed by atoms with Gasteiger partial charge in [0.2, 0.25) is 0 Å². The van der Waals surface area contributed by atoms with Crippen molar-refractivity contribution in [1.29, 1.82) is 0 Å². The molecule has 1 aromatic carbocycles. The number of ether oxygens (including phenoxy) is 1. The number of methoxy groups -OCH3 is 1. The second-order valence-electron chi connectivity index (χ2n) is 5.53. The number of fused-ring (bicyclic) bond motifs is 1. The summed E-state index contributed by atoms with van der Waals surface area (Å²) >= 11 is 0. The van der Waals surface area contributed by atoms with Crippen LogP contribution in [0.3, 0.4) is 0 Å². The topological polar surface area (TPSA) is 116 Å². The van der Waals surface area contributed by atoms with Crippen LogP contribution >= 0.6 is 0 Å². The summed E-state index contributed by atoms with van der Waals surface area (Å²) < 4.78 is 72.5. The Morgan fingerprint density at radius 3 is 2.57 bits per heavy atom. The van der Waals surface area contributed by atoms with E-state index in [1.165, 1.54) is 6.20 Å². The van der Waals surface area contributed by atoms with Gasteiger partial charge < -0.3 is 4.74 Å². The zero-order valence-corrected chi connectivity index (χ0v) is 15.2. The Hall–Kier alpha value is -3.22. The maximum absolute atomic E-state index is 13.4. The summed E-state index contributed by atoms with van der Waals surface area (Å²) in [4.78, 5) is 19.5. The van der Waals surface area contributed by atoms with Gasteiger partial charge in [0.25, 0.3) is 21.0 Å². The number of carbonyl (C=O) groups is 1. The molecule has 0 aliphatic rings. The highest BCUT2D eigenvalue weighted by Gasteiger charge is 2.37. The second kappa shape index (κ2) is 6.74. The van der Waals surface area contributed by atoms with Crippen LogP contribution in [0.2, 0.25) is 0 Å². The third-order valence-corrected chi connectivity index (χ3v) is 4.71. The van der Waals surface area contributed by atoms with Crippen molar-refractivity contribution >= 4 is 27.5 Å². The predicted octanol–water partition coefficient (Wildman–Crippen LogP) is 2.04. The van der Waals surface area contributed by atoms with E-state index >= 15 is 0 Å². The summed E-state index contributed by atoms with van der Waals surface area (Å²) in [5, 5.41) is 2.90. The minimum Gasteiger partial charge on any atom is -0.465 e. The molecule has 0 spiro atoms. The van der Waals surface area contributed by atoms with E-state index < -0.39 is 44.1 Å². The highest BCUT2D eigenvalue weighted by molar-refractivity contribution is 7.92. The van der Waals surface area contributed by atoms with Crippen LogP contribution in [0.5, 0.6) is 0 Å². The average molecular weight is 415 g/mol. The molecule has 0 radical (unpaired) electrons. The molecule has 3 rings (SSSR count). The van der Waals surface area contributed by atoms with Crippen LogP contribution < -0.4 is 4.72 Å². The first-order chi connectivity index (χ1) is 13.0. The molecule has 148 valence electrons. The van der Waals surface area contributed by atoms with Crippen LogP contribution in [0.15, 0.2) is 35.6 Å². The van der Waals surface area contributed by atoms with Crippen LogP contribution in [-0.2, 0) is 20.9 Å². The molecule has 2 aromatic heterocycles. The largest absolute Gasteiger partial charge is 0.465 e. The highest BCUT2D eigenvalue weighted by Crippen LogP contribution is 2.37. The number of esters is 1. The maximum atomic E-state index is 13.4. The lowest BCUT2D eigenvalue weighted by molar-refractivity contribution is -0.136. The molecule has 0 saturated carbocycles. The first-order valence-corrected chi connectivity index (χ1v) is 9.02. The van der Waals surface area contributed by atoms with E-state index in [2.05, 4.69) is 19.8 Å². The van der Waals surface area contributed by atoms with Gasteiger partial charge in [0.15, 0.2) is 0 Å². The molecule has 13 heteroatoms. The lowest BCUT2D eigenvalue weighted by atomic mass is 10.1. The van der Waals surface area contributed by atoms with Crippen LogP contribution in [-0.4, -0.2) is 41.1 Å². The average Bonchev–Trinajstić information content (AvgIpc) is 3.04. The van der Waals surface area contributed by atoms with Gasteiger partial charge in [-0.3, -0.25) is 4.72 Å². The number of nitrogens with zero attached hydrogens (tertiary/aromatic N) is 4. The number of aryl methyl sites for hydroxylation is 1. The molecule has 3 aromatic rings. The van der Waals surface area contributed by atoms with Gasteiger partial charge >= 0.3 is 12.1 Å². The van der Waals surface area contributed by atoms with Crippen LogP contribution in [0.1, 0.15) is 21.6 Å². The van der Waals surface area contributed by atoms with E-state index in [0.29, 0.717) is 11.8 Å². The standard InChI is InChI=1S/C15H12F3N5O4S/c1-8-6-7-23-13(19-8)20-14(21-23)28(25,26)22-11-9(12(24)27-2)4-3-5-10(11)15(16,17)18/h3-7,22H,1-2H3. The SMILES string of the molecule is COC(=O)c1cccc(C(F)(F)F)c1NS(=O)(=O)c1nc2nc(C)ccn2n1. The normalized spacial score (nSPS) is 12.2. The Labute approximate surface area is 156 Å². The van der Waals surface area contributed by atoms with E-state index in [1.54, 1.807) is 17.7 Å². The lowest BCUT2D eigenvalue weighted by Gasteiger charge is -2.16. The van der Waals surface area contributed by atoms with Crippen molar-refractivity contribution in [3.63, 3.8) is 0 Å². The zero-order chi connectivity index (χ0) is 20.7. The fourth-order valence-corrected chi connectivity index (χ4v) is 3.30. The van der Waals surface area contributed by atoms with Crippen molar-refractivity contribution in [2.24, 2.45) is 0 Å². The first kappa shape index (κ1) is 19.5. The third kappa shape index (κ3) is 3.60. The number of aromatic nitrogens is 4.